The summed E-state index contributed by atoms with van der Waals surface area (Å²) in [5, 5.41) is 9.68. The van der Waals surface area contributed by atoms with Crippen LogP contribution < -0.4 is 0 Å². The quantitative estimate of drug-likeness (QED) is 0.330. The van der Waals surface area contributed by atoms with Crippen LogP contribution in [0.25, 0.3) is 22.4 Å². The monoisotopic (exact) mass is 483 g/mol. The maximum absolute atomic E-state index is 13.1. The van der Waals surface area contributed by atoms with Crippen LogP contribution in [0.4, 0.5) is 0 Å². The smallest absolute Gasteiger partial charge is 0.328 e. The average Bonchev–Trinajstić information content (AvgIpc) is 2.91. The number of ether oxygens (including phenoxy) is 1. The predicted octanol–water partition coefficient (Wildman–Crippen LogP) is 6.00. The fourth-order valence-corrected chi connectivity index (χ4v) is 4.25. The summed E-state index contributed by atoms with van der Waals surface area (Å²) in [6, 6.07) is 20.8. The number of aromatic nitrogens is 1. The normalized spacial score (nSPS) is 11.6. The topological polar surface area (TPSA) is 83.3 Å². The maximum atomic E-state index is 13.1. The minimum atomic E-state index is -0.653. The number of esters is 1. The lowest BCUT2D eigenvalue weighted by atomic mass is 9.95. The molecule has 1 aromatic heterocycles. The number of rotatable bonds is 10. The standard InChI is InChI=1S/C30H33N3O3/c1-5-6-10-28(34)33(29(21(2)3)30(35)36-4)20-22-11-13-23(14-12-22)26-18-24(15-16-25(26)19-31)27-9-7-8-17-32-27/h7-9,11-18,21,29H,5-6,10,20H2,1-4H3/t29-/m0/s1. The van der Waals surface area contributed by atoms with Gasteiger partial charge in [-0.1, -0.05) is 63.6 Å². The zero-order valence-electron chi connectivity index (χ0n) is 21.4. The molecule has 0 N–H and O–H groups in total. The molecule has 1 atom stereocenters. The second kappa shape index (κ2) is 12.6. The van der Waals surface area contributed by atoms with Gasteiger partial charge in [-0.15, -0.1) is 0 Å². The van der Waals surface area contributed by atoms with Gasteiger partial charge in [-0.25, -0.2) is 4.79 Å². The van der Waals surface area contributed by atoms with Crippen LogP contribution in [0.15, 0.2) is 66.9 Å². The molecule has 0 bridgehead atoms. The van der Waals surface area contributed by atoms with E-state index in [2.05, 4.69) is 11.1 Å². The van der Waals surface area contributed by atoms with Gasteiger partial charge in [-0.2, -0.15) is 5.26 Å². The van der Waals surface area contributed by atoms with Crippen molar-refractivity contribution in [3.63, 3.8) is 0 Å². The molecule has 2 aromatic carbocycles. The molecule has 0 aliphatic carbocycles. The molecule has 0 aliphatic rings. The maximum Gasteiger partial charge on any atom is 0.328 e. The minimum absolute atomic E-state index is 0.0557. The third kappa shape index (κ3) is 6.37. The van der Waals surface area contributed by atoms with Crippen molar-refractivity contribution < 1.29 is 14.3 Å². The Balaban J connectivity index is 1.92. The lowest BCUT2D eigenvalue weighted by Crippen LogP contribution is -2.48. The number of carbonyl (C=O) groups excluding carboxylic acids is 2. The van der Waals surface area contributed by atoms with Crippen molar-refractivity contribution in [3.8, 4) is 28.5 Å². The number of methoxy groups -OCH3 is 1. The number of pyridine rings is 1. The van der Waals surface area contributed by atoms with Crippen LogP contribution in [0.2, 0.25) is 0 Å². The summed E-state index contributed by atoms with van der Waals surface area (Å²) in [5.74, 6) is -0.550. The number of carbonyl (C=O) groups is 2. The molecule has 186 valence electrons. The molecule has 3 aromatic rings. The van der Waals surface area contributed by atoms with E-state index in [1.54, 1.807) is 11.1 Å². The van der Waals surface area contributed by atoms with Crippen LogP contribution in [0.5, 0.6) is 0 Å². The van der Waals surface area contributed by atoms with Crippen molar-refractivity contribution in [2.75, 3.05) is 7.11 Å². The van der Waals surface area contributed by atoms with Gasteiger partial charge in [0.05, 0.1) is 24.4 Å². The SMILES string of the molecule is CCCCC(=O)N(Cc1ccc(-c2cc(-c3ccccn3)ccc2C#N)cc1)[C@H](C(=O)OC)C(C)C. The van der Waals surface area contributed by atoms with Gasteiger partial charge in [0.25, 0.3) is 0 Å². The molecule has 1 amide bonds. The highest BCUT2D eigenvalue weighted by molar-refractivity contribution is 5.85. The van der Waals surface area contributed by atoms with Crippen molar-refractivity contribution in [3.05, 3.63) is 78.0 Å². The van der Waals surface area contributed by atoms with E-state index >= 15 is 0 Å². The van der Waals surface area contributed by atoms with Gasteiger partial charge >= 0.3 is 5.97 Å². The van der Waals surface area contributed by atoms with Gasteiger partial charge in [-0.3, -0.25) is 9.78 Å². The van der Waals surface area contributed by atoms with Crippen molar-refractivity contribution in [2.24, 2.45) is 5.92 Å². The van der Waals surface area contributed by atoms with Gasteiger partial charge in [-0.05, 0) is 47.7 Å². The van der Waals surface area contributed by atoms with Crippen LogP contribution in [0.1, 0.15) is 51.2 Å². The third-order valence-corrected chi connectivity index (χ3v) is 6.19. The first-order valence-electron chi connectivity index (χ1n) is 12.3. The van der Waals surface area contributed by atoms with Crippen molar-refractivity contribution >= 4 is 11.9 Å². The minimum Gasteiger partial charge on any atom is -0.467 e. The molecule has 0 saturated heterocycles. The molecule has 3 rings (SSSR count). The zero-order valence-corrected chi connectivity index (χ0v) is 21.4. The second-order valence-corrected chi connectivity index (χ2v) is 9.12. The Kier molecular flexibility index (Phi) is 9.35. The van der Waals surface area contributed by atoms with Gasteiger partial charge in [0, 0.05) is 30.3 Å². The Morgan fingerprint density at radius 3 is 2.36 bits per heavy atom. The Morgan fingerprint density at radius 1 is 1.06 bits per heavy atom. The number of unbranched alkanes of at least 4 members (excludes halogenated alkanes) is 1. The molecule has 6 nitrogen and oxygen atoms in total. The van der Waals surface area contributed by atoms with Crippen molar-refractivity contribution in [2.45, 2.75) is 52.6 Å². The molecule has 36 heavy (non-hydrogen) atoms. The largest absolute Gasteiger partial charge is 0.467 e. The van der Waals surface area contributed by atoms with Gasteiger partial charge in [0.2, 0.25) is 5.91 Å². The van der Waals surface area contributed by atoms with E-state index in [1.165, 1.54) is 7.11 Å². The Bertz CT molecular complexity index is 1210. The molecule has 0 fully saturated rings. The van der Waals surface area contributed by atoms with Crippen LogP contribution in [0, 0.1) is 17.2 Å². The zero-order chi connectivity index (χ0) is 26.1. The first-order chi connectivity index (χ1) is 17.4. The summed E-state index contributed by atoms with van der Waals surface area (Å²) in [7, 11) is 1.35. The molecule has 0 spiro atoms. The first-order valence-corrected chi connectivity index (χ1v) is 12.3. The summed E-state index contributed by atoms with van der Waals surface area (Å²) < 4.78 is 5.03. The molecular weight excluding hydrogens is 450 g/mol. The Hall–Kier alpha value is -3.98. The number of nitriles is 1. The fraction of sp³-hybridized carbons (Fsp3) is 0.333. The van der Waals surface area contributed by atoms with Crippen LogP contribution in [-0.4, -0.2) is 34.9 Å². The van der Waals surface area contributed by atoms with E-state index in [1.807, 2.05) is 81.4 Å². The molecule has 1 heterocycles. The Morgan fingerprint density at radius 2 is 1.78 bits per heavy atom. The third-order valence-electron chi connectivity index (χ3n) is 6.19. The first kappa shape index (κ1) is 26.6. The second-order valence-electron chi connectivity index (χ2n) is 9.12. The Labute approximate surface area is 213 Å². The predicted molar refractivity (Wildman–Crippen MR) is 141 cm³/mol. The van der Waals surface area contributed by atoms with E-state index < -0.39 is 12.0 Å². The van der Waals surface area contributed by atoms with E-state index in [0.29, 0.717) is 18.5 Å². The molecule has 0 aliphatic heterocycles. The summed E-state index contributed by atoms with van der Waals surface area (Å²) >= 11 is 0. The molecule has 0 unspecified atom stereocenters. The summed E-state index contributed by atoms with van der Waals surface area (Å²) in [6.07, 6.45) is 3.80. The van der Waals surface area contributed by atoms with Gasteiger partial charge < -0.3 is 9.64 Å². The van der Waals surface area contributed by atoms with E-state index in [0.717, 1.165) is 40.8 Å². The van der Waals surface area contributed by atoms with Crippen LogP contribution >= 0.6 is 0 Å². The lowest BCUT2D eigenvalue weighted by Gasteiger charge is -2.32. The average molecular weight is 484 g/mol. The number of amides is 1. The number of nitrogens with zero attached hydrogens (tertiary/aromatic N) is 3. The van der Waals surface area contributed by atoms with Crippen molar-refractivity contribution in [1.29, 1.82) is 5.26 Å². The van der Waals surface area contributed by atoms with E-state index in [-0.39, 0.29) is 11.8 Å². The van der Waals surface area contributed by atoms with E-state index in [9.17, 15) is 14.9 Å². The highest BCUT2D eigenvalue weighted by Crippen LogP contribution is 2.29. The fourth-order valence-electron chi connectivity index (χ4n) is 4.25. The highest BCUT2D eigenvalue weighted by Gasteiger charge is 2.33. The van der Waals surface area contributed by atoms with Gasteiger partial charge in [0.1, 0.15) is 6.04 Å². The van der Waals surface area contributed by atoms with Crippen LogP contribution in [-0.2, 0) is 20.9 Å². The number of hydrogen-bond donors (Lipinski definition) is 0. The molecule has 6 heteroatoms. The summed E-state index contributed by atoms with van der Waals surface area (Å²) in [4.78, 5) is 31.7. The van der Waals surface area contributed by atoms with Crippen LogP contribution in [0.3, 0.4) is 0 Å². The number of benzene rings is 2. The van der Waals surface area contributed by atoms with E-state index in [4.69, 9.17) is 4.74 Å². The number of hydrogen-bond acceptors (Lipinski definition) is 5. The molecule has 0 saturated carbocycles. The molecule has 0 radical (unpaired) electrons. The summed E-state index contributed by atoms with van der Waals surface area (Å²) in [6.45, 7) is 6.18. The van der Waals surface area contributed by atoms with Gasteiger partial charge in [0.15, 0.2) is 0 Å². The molecular formula is C30H33N3O3. The summed E-state index contributed by atoms with van der Waals surface area (Å²) in [5.41, 5.74) is 4.95. The van der Waals surface area contributed by atoms with Crippen molar-refractivity contribution in [1.82, 2.24) is 9.88 Å². The highest BCUT2D eigenvalue weighted by atomic mass is 16.5. The lowest BCUT2D eigenvalue weighted by molar-refractivity contribution is -0.155.